The highest BCUT2D eigenvalue weighted by atomic mass is 32.2. The molecule has 0 aliphatic carbocycles. The van der Waals surface area contributed by atoms with E-state index >= 15 is 0 Å². The molecule has 35 heavy (non-hydrogen) atoms. The summed E-state index contributed by atoms with van der Waals surface area (Å²) in [5.41, 5.74) is -5.23. The highest BCUT2D eigenvalue weighted by Crippen LogP contribution is 2.33. The van der Waals surface area contributed by atoms with Gasteiger partial charge >= 0.3 is 27.6 Å². The molecule has 2 aromatic rings. The van der Waals surface area contributed by atoms with E-state index in [1.54, 1.807) is 13.8 Å². The van der Waals surface area contributed by atoms with Gasteiger partial charge in [-0.1, -0.05) is 0 Å². The lowest BCUT2D eigenvalue weighted by Crippen LogP contribution is -2.28. The minimum Gasteiger partial charge on any atom is -0.504 e. The van der Waals surface area contributed by atoms with Crippen LogP contribution in [0.3, 0.4) is 0 Å². The molecule has 0 aliphatic rings. The molecule has 0 saturated carbocycles. The van der Waals surface area contributed by atoms with Crippen molar-refractivity contribution in [3.05, 3.63) is 47.5 Å². The number of carbonyl (C=O) groups excluding carboxylic acids is 2. The quantitative estimate of drug-likeness (QED) is 0.310. The molecule has 0 aromatic heterocycles. The average Bonchev–Trinajstić information content (AvgIpc) is 2.79. The first kappa shape index (κ1) is 29.4. The van der Waals surface area contributed by atoms with Crippen molar-refractivity contribution in [1.82, 2.24) is 0 Å². The summed E-state index contributed by atoms with van der Waals surface area (Å²) < 4.78 is 81.5. The first-order chi connectivity index (χ1) is 16.3. The number of ether oxygens (including phenoxy) is 4. The molecule has 14 heteroatoms. The van der Waals surface area contributed by atoms with Crippen LogP contribution in [0, 0.1) is 0 Å². The largest absolute Gasteiger partial charge is 0.534 e. The van der Waals surface area contributed by atoms with Crippen molar-refractivity contribution in [3.63, 3.8) is 0 Å². The monoisotopic (exact) mass is 524 g/mol. The number of methoxy groups -OCH3 is 2. The maximum absolute atomic E-state index is 12.2. The maximum atomic E-state index is 12.2. The second-order valence-corrected chi connectivity index (χ2v) is 7.71. The standard InChI is InChI=1S/C11H11F3O6S.C10H12O4/c1-3-19-10(15)7-4-5-8(9(6-7)18-2)20-21(16,17)11(12,13)14;1-3-14-10(12)7-4-5-8(11)9(6-7)13-2/h4-6H,3H2,1-2H3;4-6,11H,3H2,1-2H3. The molecule has 0 bridgehead atoms. The van der Waals surface area contributed by atoms with E-state index in [0.29, 0.717) is 12.2 Å². The second kappa shape index (κ2) is 12.7. The number of hydrogen-bond donors (Lipinski definition) is 1. The number of halogens is 3. The first-order valence-corrected chi connectivity index (χ1v) is 11.1. The molecule has 2 aromatic carbocycles. The molecule has 0 saturated heterocycles. The summed E-state index contributed by atoms with van der Waals surface area (Å²) in [6.45, 7) is 3.72. The topological polar surface area (TPSA) is 135 Å². The van der Waals surface area contributed by atoms with E-state index in [4.69, 9.17) is 14.2 Å². The number of benzene rings is 2. The molecule has 2 rings (SSSR count). The fraction of sp³-hybridized carbons (Fsp3) is 0.333. The van der Waals surface area contributed by atoms with Gasteiger partial charge in [0.15, 0.2) is 23.0 Å². The zero-order valence-electron chi connectivity index (χ0n) is 19.0. The number of phenolic OH excluding ortho intramolecular Hbond substituents is 1. The van der Waals surface area contributed by atoms with Crippen LogP contribution in [-0.2, 0) is 19.6 Å². The van der Waals surface area contributed by atoms with Gasteiger partial charge in [0, 0.05) is 0 Å². The normalized spacial score (nSPS) is 10.9. The number of alkyl halides is 3. The molecule has 0 fully saturated rings. The van der Waals surface area contributed by atoms with Gasteiger partial charge in [0.25, 0.3) is 0 Å². The van der Waals surface area contributed by atoms with E-state index in [9.17, 15) is 36.3 Å². The molecule has 0 unspecified atom stereocenters. The smallest absolute Gasteiger partial charge is 0.504 e. The van der Waals surface area contributed by atoms with Gasteiger partial charge in [0.1, 0.15) is 0 Å². The third kappa shape index (κ3) is 8.24. The molecule has 0 radical (unpaired) electrons. The summed E-state index contributed by atoms with van der Waals surface area (Å²) in [4.78, 5) is 22.7. The van der Waals surface area contributed by atoms with E-state index in [0.717, 1.165) is 25.3 Å². The van der Waals surface area contributed by atoms with Crippen molar-refractivity contribution in [3.8, 4) is 23.0 Å². The Bertz CT molecular complexity index is 1130. The Morgan fingerprint density at radius 3 is 1.71 bits per heavy atom. The summed E-state index contributed by atoms with van der Waals surface area (Å²) in [5.74, 6) is -1.95. The molecule has 10 nitrogen and oxygen atoms in total. The lowest BCUT2D eigenvalue weighted by molar-refractivity contribution is -0.0500. The van der Waals surface area contributed by atoms with Crippen LogP contribution in [-0.4, -0.2) is 58.4 Å². The lowest BCUT2D eigenvalue weighted by Gasteiger charge is -2.13. The summed E-state index contributed by atoms with van der Waals surface area (Å²) in [6, 6.07) is 7.25. The van der Waals surface area contributed by atoms with Crippen molar-refractivity contribution in [2.24, 2.45) is 0 Å². The van der Waals surface area contributed by atoms with Gasteiger partial charge in [-0.15, -0.1) is 0 Å². The summed E-state index contributed by atoms with van der Waals surface area (Å²) in [7, 11) is -3.32. The lowest BCUT2D eigenvalue weighted by atomic mass is 10.2. The molecular formula is C21H23F3O10S. The van der Waals surface area contributed by atoms with Crippen molar-refractivity contribution < 1.29 is 59.4 Å². The fourth-order valence-electron chi connectivity index (χ4n) is 2.26. The summed E-state index contributed by atoms with van der Waals surface area (Å²) in [6.07, 6.45) is 0. The van der Waals surface area contributed by atoms with E-state index in [1.807, 2.05) is 0 Å². The molecule has 0 heterocycles. The highest BCUT2D eigenvalue weighted by Gasteiger charge is 2.49. The van der Waals surface area contributed by atoms with Crippen LogP contribution in [0.25, 0.3) is 0 Å². The number of esters is 2. The van der Waals surface area contributed by atoms with Crippen LogP contribution < -0.4 is 13.7 Å². The second-order valence-electron chi connectivity index (χ2n) is 6.18. The van der Waals surface area contributed by atoms with Crippen molar-refractivity contribution in [1.29, 1.82) is 0 Å². The predicted molar refractivity (Wildman–Crippen MR) is 115 cm³/mol. The number of carbonyl (C=O) groups is 2. The number of phenols is 1. The molecule has 0 spiro atoms. The van der Waals surface area contributed by atoms with Crippen LogP contribution >= 0.6 is 0 Å². The minimum absolute atomic E-state index is 0.000508. The summed E-state index contributed by atoms with van der Waals surface area (Å²) >= 11 is 0. The Balaban J connectivity index is 0.000000379. The Morgan fingerprint density at radius 1 is 0.829 bits per heavy atom. The van der Waals surface area contributed by atoms with Crippen molar-refractivity contribution >= 4 is 22.1 Å². The zero-order valence-corrected chi connectivity index (χ0v) is 19.9. The minimum atomic E-state index is -5.82. The van der Waals surface area contributed by atoms with Gasteiger partial charge in [0.05, 0.1) is 38.6 Å². The highest BCUT2D eigenvalue weighted by molar-refractivity contribution is 7.88. The number of aromatic hydroxyl groups is 1. The van der Waals surface area contributed by atoms with E-state index in [2.05, 4.69) is 8.92 Å². The number of rotatable bonds is 8. The van der Waals surface area contributed by atoms with Gasteiger partial charge in [-0.25, -0.2) is 9.59 Å². The average molecular weight is 524 g/mol. The van der Waals surface area contributed by atoms with Gasteiger partial charge in [-0.05, 0) is 50.2 Å². The van der Waals surface area contributed by atoms with Gasteiger partial charge in [0.2, 0.25) is 0 Å². The van der Waals surface area contributed by atoms with Crippen molar-refractivity contribution in [2.75, 3.05) is 27.4 Å². The SMILES string of the molecule is CCOC(=O)c1ccc(O)c(OC)c1.CCOC(=O)c1ccc(OS(=O)(=O)C(F)(F)F)c(OC)c1. The van der Waals surface area contributed by atoms with Crippen LogP contribution in [0.1, 0.15) is 34.6 Å². The first-order valence-electron chi connectivity index (χ1n) is 9.71. The van der Waals surface area contributed by atoms with Gasteiger partial charge in [-0.3, -0.25) is 0 Å². The van der Waals surface area contributed by atoms with Crippen LogP contribution in [0.2, 0.25) is 0 Å². The third-order valence-corrected chi connectivity index (χ3v) is 4.81. The molecule has 0 aliphatic heterocycles. The Morgan fingerprint density at radius 2 is 1.29 bits per heavy atom. The molecule has 194 valence electrons. The Hall–Kier alpha value is -3.68. The molecule has 1 N–H and O–H groups in total. The van der Waals surface area contributed by atoms with Crippen LogP contribution in [0.4, 0.5) is 13.2 Å². The van der Waals surface area contributed by atoms with E-state index in [-0.39, 0.29) is 29.4 Å². The van der Waals surface area contributed by atoms with Crippen LogP contribution in [0.15, 0.2) is 36.4 Å². The van der Waals surface area contributed by atoms with Gasteiger partial charge < -0.3 is 28.2 Å². The maximum Gasteiger partial charge on any atom is 0.534 e. The van der Waals surface area contributed by atoms with Gasteiger partial charge in [-0.2, -0.15) is 21.6 Å². The van der Waals surface area contributed by atoms with E-state index < -0.39 is 33.3 Å². The van der Waals surface area contributed by atoms with Crippen molar-refractivity contribution in [2.45, 2.75) is 19.4 Å². The van der Waals surface area contributed by atoms with Crippen LogP contribution in [0.5, 0.6) is 23.0 Å². The van der Waals surface area contributed by atoms with E-state index in [1.165, 1.54) is 25.3 Å². The predicted octanol–water partition coefficient (Wildman–Crippen LogP) is 3.68. The number of hydrogen-bond acceptors (Lipinski definition) is 10. The molecule has 0 atom stereocenters. The zero-order chi connectivity index (χ0) is 26.8. The molecule has 0 amide bonds. The third-order valence-electron chi connectivity index (χ3n) is 3.85. The fourth-order valence-corrected chi connectivity index (χ4v) is 2.73. The Kier molecular flexibility index (Phi) is 10.6. The Labute approximate surface area is 199 Å². The summed E-state index contributed by atoms with van der Waals surface area (Å²) in [5, 5.41) is 9.27. The molecular weight excluding hydrogens is 501 g/mol.